The minimum Gasteiger partial charge on any atom is -0.457 e. The van der Waals surface area contributed by atoms with E-state index in [0.717, 1.165) is 57.8 Å². The fourth-order valence-electron chi connectivity index (χ4n) is 9.42. The van der Waals surface area contributed by atoms with Gasteiger partial charge in [-0.05, 0) is 83.5 Å². The van der Waals surface area contributed by atoms with Gasteiger partial charge in [0.15, 0.2) is 6.29 Å². The summed E-state index contributed by atoms with van der Waals surface area (Å²) in [6, 6.07) is 0. The van der Waals surface area contributed by atoms with Gasteiger partial charge in [0.2, 0.25) is 0 Å². The highest BCUT2D eigenvalue weighted by Gasteiger charge is 2.48. The average Bonchev–Trinajstić information content (AvgIpc) is 3.40. The van der Waals surface area contributed by atoms with E-state index in [-0.39, 0.29) is 19.6 Å². The smallest absolute Gasteiger partial charge is 0.397 e. The second-order valence-electron chi connectivity index (χ2n) is 21.3. The number of carbonyl (C=O) groups excluding carboxylic acids is 1. The van der Waals surface area contributed by atoms with Crippen molar-refractivity contribution in [1.82, 2.24) is 0 Å². The fourth-order valence-corrected chi connectivity index (χ4v) is 9.93. The van der Waals surface area contributed by atoms with Gasteiger partial charge < -0.3 is 34.3 Å². The topological polar surface area (TPSA) is 178 Å². The molecule has 1 fully saturated rings. The standard InChI is InChI=1S/C63H114O12S/c1-3-5-7-9-11-13-15-17-19-21-23-25-27-28-29-31-33-35-37-39-41-43-45-47-49-51-53-71-55-57(56-72-63-61(67)62(75-76(68,69)70)60(66)58(54-64)74-63)73-59(65)52-50-48-46-44-42-40-38-36-34-32-30-26-24-22-20-18-16-14-12-10-8-6-4-2/h15-18,21-24,27-28,57-58,60-64,66-67H,3-14,19-20,25-26,29-56H2,1-2H3,(H,68,69,70)/b17-15-,18-16-,23-21-,24-22-,28-27-. The normalized spacial score (nSPS) is 18.9. The molecule has 0 amide bonds. The van der Waals surface area contributed by atoms with Crippen LogP contribution in [0.1, 0.15) is 271 Å². The predicted octanol–water partition coefficient (Wildman–Crippen LogP) is 16.0. The van der Waals surface area contributed by atoms with Gasteiger partial charge in [-0.3, -0.25) is 9.35 Å². The van der Waals surface area contributed by atoms with Gasteiger partial charge in [-0.2, -0.15) is 8.42 Å². The quantitative estimate of drug-likeness (QED) is 0.0196. The first-order chi connectivity index (χ1) is 37.1. The molecule has 1 rings (SSSR count). The van der Waals surface area contributed by atoms with Crippen molar-refractivity contribution in [3.8, 4) is 0 Å². The van der Waals surface area contributed by atoms with Gasteiger partial charge in [0, 0.05) is 13.0 Å². The molecule has 0 aliphatic carbocycles. The van der Waals surface area contributed by atoms with Crippen molar-refractivity contribution in [2.45, 2.75) is 307 Å². The van der Waals surface area contributed by atoms with Crippen LogP contribution in [0.25, 0.3) is 0 Å². The van der Waals surface area contributed by atoms with Gasteiger partial charge in [0.25, 0.3) is 0 Å². The summed E-state index contributed by atoms with van der Waals surface area (Å²) in [5.74, 6) is -0.400. The number of hydrogen-bond acceptors (Lipinski definition) is 11. The largest absolute Gasteiger partial charge is 0.457 e. The number of ether oxygens (including phenoxy) is 4. The summed E-state index contributed by atoms with van der Waals surface area (Å²) in [5.41, 5.74) is 0. The lowest BCUT2D eigenvalue weighted by Crippen LogP contribution is -2.60. The Morgan fingerprint density at radius 2 is 0.868 bits per heavy atom. The molecule has 13 heteroatoms. The van der Waals surface area contributed by atoms with Crippen LogP contribution in [0.15, 0.2) is 60.8 Å². The Labute approximate surface area is 465 Å². The minimum atomic E-state index is -5.07. The summed E-state index contributed by atoms with van der Waals surface area (Å²) in [6.07, 6.45) is 61.1. The van der Waals surface area contributed by atoms with E-state index in [1.807, 2.05) is 0 Å². The predicted molar refractivity (Wildman–Crippen MR) is 313 cm³/mol. The van der Waals surface area contributed by atoms with E-state index in [2.05, 4.69) is 78.8 Å². The van der Waals surface area contributed by atoms with E-state index in [1.165, 1.54) is 186 Å². The molecule has 6 atom stereocenters. The van der Waals surface area contributed by atoms with E-state index >= 15 is 0 Å². The third kappa shape index (κ3) is 45.6. The lowest BCUT2D eigenvalue weighted by atomic mass is 9.99. The summed E-state index contributed by atoms with van der Waals surface area (Å²) < 4.78 is 59.5. The number of rotatable bonds is 55. The van der Waals surface area contributed by atoms with Crippen LogP contribution < -0.4 is 0 Å². The minimum absolute atomic E-state index is 0.0326. The molecule has 0 radical (unpaired) electrons. The highest BCUT2D eigenvalue weighted by molar-refractivity contribution is 7.80. The molecule has 1 aliphatic heterocycles. The van der Waals surface area contributed by atoms with Gasteiger partial charge in [0.1, 0.15) is 30.5 Å². The van der Waals surface area contributed by atoms with Crippen molar-refractivity contribution in [3.05, 3.63) is 60.8 Å². The zero-order chi connectivity index (χ0) is 55.3. The summed E-state index contributed by atoms with van der Waals surface area (Å²) in [7, 11) is -5.07. The van der Waals surface area contributed by atoms with Crippen LogP contribution in [0, 0.1) is 0 Å². The summed E-state index contributed by atoms with van der Waals surface area (Å²) in [6.45, 7) is 4.00. The first-order valence-corrected chi connectivity index (χ1v) is 32.4. The Kier molecular flexibility index (Phi) is 50.5. The van der Waals surface area contributed by atoms with Crippen molar-refractivity contribution in [3.63, 3.8) is 0 Å². The summed E-state index contributed by atoms with van der Waals surface area (Å²) in [4.78, 5) is 13.0. The van der Waals surface area contributed by atoms with Crippen LogP contribution in [0.5, 0.6) is 0 Å². The second kappa shape index (κ2) is 53.4. The zero-order valence-electron chi connectivity index (χ0n) is 48.3. The van der Waals surface area contributed by atoms with Crippen molar-refractivity contribution in [2.24, 2.45) is 0 Å². The highest BCUT2D eigenvalue weighted by Crippen LogP contribution is 2.26. The van der Waals surface area contributed by atoms with Crippen LogP contribution in [0.4, 0.5) is 0 Å². The number of hydrogen-bond donors (Lipinski definition) is 4. The highest BCUT2D eigenvalue weighted by atomic mass is 32.3. The van der Waals surface area contributed by atoms with Crippen LogP contribution in [-0.2, 0) is 38.3 Å². The molecule has 1 heterocycles. The third-order valence-corrected chi connectivity index (χ3v) is 14.6. The number of unbranched alkanes of at least 4 members (excludes halogenated alkanes) is 32. The van der Waals surface area contributed by atoms with E-state index in [4.69, 9.17) is 18.9 Å². The maximum absolute atomic E-state index is 13.0. The van der Waals surface area contributed by atoms with E-state index in [0.29, 0.717) is 13.0 Å². The molecule has 0 aromatic carbocycles. The van der Waals surface area contributed by atoms with Crippen molar-refractivity contribution in [1.29, 1.82) is 0 Å². The van der Waals surface area contributed by atoms with E-state index in [1.54, 1.807) is 0 Å². The zero-order valence-corrected chi connectivity index (χ0v) is 49.1. The number of aliphatic hydroxyl groups is 3. The number of esters is 1. The Morgan fingerprint density at radius 1 is 0.500 bits per heavy atom. The van der Waals surface area contributed by atoms with Gasteiger partial charge in [-0.25, -0.2) is 4.18 Å². The SMILES string of the molecule is CCCCCCC/C=C\C/C=C\C/C=C\CCCCCCCCCCCCCOCC(COC1OC(CO)C(O)C(OS(=O)(=O)O)C1O)OC(=O)CCCCCCCCCCCCC/C=C\C/C=C\CCCCCCC. The third-order valence-electron chi connectivity index (χ3n) is 14.1. The molecule has 444 valence electrons. The Balaban J connectivity index is 2.27. The van der Waals surface area contributed by atoms with Crippen LogP contribution in [0.3, 0.4) is 0 Å². The van der Waals surface area contributed by atoms with Crippen LogP contribution in [-0.4, -0.2) is 97.5 Å². The first-order valence-electron chi connectivity index (χ1n) is 31.0. The molecule has 76 heavy (non-hydrogen) atoms. The number of carbonyl (C=O) groups is 1. The van der Waals surface area contributed by atoms with Gasteiger partial charge in [0.05, 0.1) is 19.8 Å². The lowest BCUT2D eigenvalue weighted by molar-refractivity contribution is -0.301. The molecular formula is C63H114O12S. The lowest BCUT2D eigenvalue weighted by Gasteiger charge is -2.41. The van der Waals surface area contributed by atoms with Crippen LogP contribution >= 0.6 is 0 Å². The molecular weight excluding hydrogens is 981 g/mol. The maximum Gasteiger partial charge on any atom is 0.397 e. The molecule has 1 saturated heterocycles. The first kappa shape index (κ1) is 71.8. The molecule has 0 spiro atoms. The van der Waals surface area contributed by atoms with E-state index < -0.39 is 59.8 Å². The molecule has 0 aromatic heterocycles. The Bertz CT molecular complexity index is 1550. The average molecular weight is 1100 g/mol. The molecule has 6 unspecified atom stereocenters. The number of allylic oxidation sites excluding steroid dienone is 10. The molecule has 1 aliphatic rings. The summed E-state index contributed by atoms with van der Waals surface area (Å²) >= 11 is 0. The van der Waals surface area contributed by atoms with Crippen molar-refractivity contribution < 1.29 is 56.2 Å². The molecule has 0 saturated carbocycles. The molecule has 0 bridgehead atoms. The second-order valence-corrected chi connectivity index (χ2v) is 22.3. The van der Waals surface area contributed by atoms with Crippen molar-refractivity contribution >= 4 is 16.4 Å². The maximum atomic E-state index is 13.0. The molecule has 4 N–H and O–H groups in total. The van der Waals surface area contributed by atoms with Crippen LogP contribution in [0.2, 0.25) is 0 Å². The Hall–Kier alpha value is -2.20. The van der Waals surface area contributed by atoms with Gasteiger partial charge in [-0.15, -0.1) is 0 Å². The number of aliphatic hydroxyl groups excluding tert-OH is 3. The van der Waals surface area contributed by atoms with E-state index in [9.17, 15) is 33.1 Å². The Morgan fingerprint density at radius 3 is 1.26 bits per heavy atom. The fraction of sp³-hybridized carbons (Fsp3) is 0.825. The van der Waals surface area contributed by atoms with Gasteiger partial charge >= 0.3 is 16.4 Å². The molecule has 12 nitrogen and oxygen atoms in total. The summed E-state index contributed by atoms with van der Waals surface area (Å²) in [5, 5.41) is 30.9. The van der Waals surface area contributed by atoms with Gasteiger partial charge in [-0.1, -0.05) is 242 Å². The molecule has 0 aromatic rings. The monoisotopic (exact) mass is 1090 g/mol. The van der Waals surface area contributed by atoms with Crippen molar-refractivity contribution in [2.75, 3.05) is 26.4 Å².